The first-order valence-electron chi connectivity index (χ1n) is 23.9. The Labute approximate surface area is 447 Å². The Morgan fingerprint density at radius 3 is 0.975 bits per heavy atom. The van der Waals surface area contributed by atoms with E-state index < -0.39 is 151 Å². The fourth-order valence-electron chi connectivity index (χ4n) is 4.46. The Morgan fingerprint density at radius 2 is 0.684 bits per heavy atom. The van der Waals surface area contributed by atoms with Crippen LogP contribution in [0.15, 0.2) is 0 Å². The molecule has 0 heterocycles. The number of carbonyl (C=O) groups is 8. The van der Waals surface area contributed by atoms with E-state index in [1.165, 1.54) is 13.8 Å². The molecule has 16 nitrogen and oxygen atoms in total. The SMILES string of the molecule is CCC(C)(C)C(=O)OCC(=O)OCC(C)(F)F.CCC(C)(C)C(=O)OCC(=O)OCC(F)F.CCC(C)(C)C(=O)OCCC(=O)OCC1(F)C(F)(F)C(F)(F)C(F)(F)C(F)(F)C1(F)F.CCOC(=O)CCOC(=O)C(C)(C)CC. The summed E-state index contributed by atoms with van der Waals surface area (Å²) in [4.78, 5) is 90.0. The number of hydrogen-bond donors (Lipinski definition) is 0. The molecule has 0 amide bonds. The van der Waals surface area contributed by atoms with Gasteiger partial charge in [-0.25, -0.2) is 31.5 Å². The summed E-state index contributed by atoms with van der Waals surface area (Å²) in [6.07, 6.45) is -1.59. The molecule has 1 fully saturated rings. The molecule has 1 aliphatic rings. The van der Waals surface area contributed by atoms with Crippen LogP contribution < -0.4 is 0 Å². The number of ether oxygens (including phenoxy) is 8. The highest BCUT2D eigenvalue weighted by molar-refractivity contribution is 5.81. The number of alkyl halides is 15. The molecule has 0 unspecified atom stereocenters. The van der Waals surface area contributed by atoms with Crippen LogP contribution >= 0.6 is 0 Å². The van der Waals surface area contributed by atoms with Crippen LogP contribution in [0.2, 0.25) is 0 Å². The topological polar surface area (TPSA) is 210 Å². The van der Waals surface area contributed by atoms with Crippen molar-refractivity contribution in [2.45, 2.75) is 183 Å². The summed E-state index contributed by atoms with van der Waals surface area (Å²) >= 11 is 0. The summed E-state index contributed by atoms with van der Waals surface area (Å²) in [5, 5.41) is 0. The van der Waals surface area contributed by atoms with Gasteiger partial charge in [0.15, 0.2) is 26.4 Å². The smallest absolute Gasteiger partial charge is 0.384 e. The third-order valence-electron chi connectivity index (χ3n) is 11.6. The first-order chi connectivity index (χ1) is 35.4. The molecule has 0 saturated heterocycles. The van der Waals surface area contributed by atoms with Gasteiger partial charge in [-0.2, -0.15) is 43.9 Å². The van der Waals surface area contributed by atoms with Crippen LogP contribution in [0.25, 0.3) is 0 Å². The zero-order valence-corrected chi connectivity index (χ0v) is 46.2. The van der Waals surface area contributed by atoms with Gasteiger partial charge in [0, 0.05) is 6.92 Å². The number of hydrogen-bond acceptors (Lipinski definition) is 16. The van der Waals surface area contributed by atoms with Crippen molar-refractivity contribution in [2.75, 3.05) is 52.9 Å². The van der Waals surface area contributed by atoms with E-state index >= 15 is 0 Å². The average Bonchev–Trinajstić information content (AvgIpc) is 3.34. The maximum atomic E-state index is 14.3. The minimum absolute atomic E-state index is 0.0983. The first kappa shape index (κ1) is 77.9. The van der Waals surface area contributed by atoms with E-state index in [1.807, 2.05) is 20.8 Å². The maximum absolute atomic E-state index is 14.3. The van der Waals surface area contributed by atoms with Crippen LogP contribution in [0, 0.1) is 21.7 Å². The molecule has 0 radical (unpaired) electrons. The van der Waals surface area contributed by atoms with Crippen LogP contribution in [0.1, 0.15) is 135 Å². The van der Waals surface area contributed by atoms with Crippen LogP contribution in [-0.2, 0) is 76.3 Å². The lowest BCUT2D eigenvalue weighted by Crippen LogP contribution is -2.84. The molecule has 0 bridgehead atoms. The van der Waals surface area contributed by atoms with Gasteiger partial charge in [-0.3, -0.25) is 28.8 Å². The van der Waals surface area contributed by atoms with Gasteiger partial charge in [0.05, 0.1) is 41.1 Å². The minimum atomic E-state index is -7.34. The number of rotatable bonds is 25. The lowest BCUT2D eigenvalue weighted by atomic mass is 9.72. The zero-order valence-electron chi connectivity index (χ0n) is 46.2. The molecular formula is C48H71F15O16. The molecule has 31 heteroatoms. The molecular weight excluding hydrogens is 1120 g/mol. The molecule has 1 aliphatic carbocycles. The molecule has 1 saturated carbocycles. The summed E-state index contributed by atoms with van der Waals surface area (Å²) in [7, 11) is 0. The van der Waals surface area contributed by atoms with Gasteiger partial charge in [0.25, 0.3) is 18.0 Å². The summed E-state index contributed by atoms with van der Waals surface area (Å²) in [5.41, 5.74) is -9.29. The molecule has 79 heavy (non-hydrogen) atoms. The Kier molecular flexibility index (Phi) is 30.6. The van der Waals surface area contributed by atoms with Crippen molar-refractivity contribution >= 4 is 47.8 Å². The fourth-order valence-corrected chi connectivity index (χ4v) is 4.46. The van der Waals surface area contributed by atoms with Gasteiger partial charge < -0.3 is 37.9 Å². The fraction of sp³-hybridized carbons (Fsp3) is 0.833. The van der Waals surface area contributed by atoms with Crippen molar-refractivity contribution in [3.05, 3.63) is 0 Å². The van der Waals surface area contributed by atoms with Gasteiger partial charge in [0.1, 0.15) is 19.8 Å². The van der Waals surface area contributed by atoms with Gasteiger partial charge in [0.2, 0.25) is 0 Å². The highest BCUT2D eigenvalue weighted by Gasteiger charge is 3.01. The predicted octanol–water partition coefficient (Wildman–Crippen LogP) is 10.7. The highest BCUT2D eigenvalue weighted by Crippen LogP contribution is 2.69. The molecule has 0 aromatic rings. The van der Waals surface area contributed by atoms with Crippen molar-refractivity contribution in [1.29, 1.82) is 0 Å². The van der Waals surface area contributed by atoms with Gasteiger partial charge in [-0.05, 0) is 88.0 Å². The third-order valence-corrected chi connectivity index (χ3v) is 11.6. The Hall–Kier alpha value is -5.29. The quantitative estimate of drug-likeness (QED) is 0.0473. The largest absolute Gasteiger partial charge is 0.466 e. The second-order valence-electron chi connectivity index (χ2n) is 19.8. The molecule has 0 spiro atoms. The Balaban J connectivity index is -0.00000103. The third kappa shape index (κ3) is 22.6. The van der Waals surface area contributed by atoms with E-state index in [0.29, 0.717) is 32.8 Å². The maximum Gasteiger partial charge on any atom is 0.384 e. The standard InChI is InChI=1S/C16H17F11O4.C11H18F2O4.C11H20O4.C10H16F2O4/c1-4-10(2,3)9(29)30-6-5-8(28)31-7-11(17)12(18,19)14(22,23)16(26,27)15(24,25)13(11,20)21;1-5-10(2,3)9(15)16-6-8(14)17-7-11(4,12)13;1-5-11(3,4)10(13)15-8-7-9(12)14-6-2;1-4-10(2,3)9(14)16-6-8(13)15-5-7(11)12/h4-7H2,1-3H3;5-7H2,1-4H3;5-8H2,1-4H3;7H,4-6H2,1-3H3. The van der Waals surface area contributed by atoms with E-state index in [4.69, 9.17) is 9.47 Å². The lowest BCUT2D eigenvalue weighted by Gasteiger charge is -2.52. The normalized spacial score (nSPS) is 16.7. The van der Waals surface area contributed by atoms with E-state index in [9.17, 15) is 104 Å². The van der Waals surface area contributed by atoms with E-state index in [0.717, 1.165) is 0 Å². The monoisotopic (exact) mass is 1190 g/mol. The molecule has 0 aromatic heterocycles. The number of esters is 8. The summed E-state index contributed by atoms with van der Waals surface area (Å²) in [6.45, 7) is 15.9. The molecule has 0 N–H and O–H groups in total. The van der Waals surface area contributed by atoms with Gasteiger partial charge in [-0.1, -0.05) is 27.7 Å². The summed E-state index contributed by atoms with van der Waals surface area (Å²) in [5.74, 6) is -45.5. The average molecular weight is 1190 g/mol. The van der Waals surface area contributed by atoms with E-state index in [2.05, 4.69) is 28.4 Å². The summed E-state index contributed by atoms with van der Waals surface area (Å²) < 4.78 is 232. The minimum Gasteiger partial charge on any atom is -0.466 e. The lowest BCUT2D eigenvalue weighted by molar-refractivity contribution is -0.487. The predicted molar refractivity (Wildman–Crippen MR) is 244 cm³/mol. The molecule has 0 aliphatic heterocycles. The Bertz CT molecular complexity index is 1970. The zero-order chi connectivity index (χ0) is 63.3. The van der Waals surface area contributed by atoms with Crippen LogP contribution in [0.5, 0.6) is 0 Å². The van der Waals surface area contributed by atoms with Crippen molar-refractivity contribution in [3.8, 4) is 0 Å². The van der Waals surface area contributed by atoms with Crippen LogP contribution in [-0.4, -0.2) is 148 Å². The van der Waals surface area contributed by atoms with Crippen molar-refractivity contribution < 1.29 is 142 Å². The van der Waals surface area contributed by atoms with E-state index in [1.54, 1.807) is 55.4 Å². The van der Waals surface area contributed by atoms with Crippen LogP contribution in [0.3, 0.4) is 0 Å². The van der Waals surface area contributed by atoms with Crippen LogP contribution in [0.4, 0.5) is 65.9 Å². The highest BCUT2D eigenvalue weighted by atomic mass is 19.4. The number of halogens is 15. The second-order valence-corrected chi connectivity index (χ2v) is 19.8. The summed E-state index contributed by atoms with van der Waals surface area (Å²) in [6, 6.07) is 0. The van der Waals surface area contributed by atoms with E-state index in [-0.39, 0.29) is 31.4 Å². The molecule has 0 atom stereocenters. The Morgan fingerprint density at radius 1 is 0.392 bits per heavy atom. The second kappa shape index (κ2) is 31.1. The molecule has 1 rings (SSSR count). The molecule has 464 valence electrons. The molecule has 0 aromatic carbocycles. The van der Waals surface area contributed by atoms with Crippen molar-refractivity contribution in [3.63, 3.8) is 0 Å². The number of carbonyl (C=O) groups excluding carboxylic acids is 8. The van der Waals surface area contributed by atoms with Gasteiger partial charge >= 0.3 is 77.4 Å². The van der Waals surface area contributed by atoms with Gasteiger partial charge in [-0.15, -0.1) is 0 Å². The first-order valence-corrected chi connectivity index (χ1v) is 23.9. The van der Waals surface area contributed by atoms with Crippen molar-refractivity contribution in [2.24, 2.45) is 21.7 Å². The van der Waals surface area contributed by atoms with Crippen molar-refractivity contribution in [1.82, 2.24) is 0 Å².